The van der Waals surface area contributed by atoms with Gasteiger partial charge in [0.25, 0.3) is 0 Å². The van der Waals surface area contributed by atoms with Crippen molar-refractivity contribution in [1.29, 1.82) is 0 Å². The molecule has 1 N–H and O–H groups in total. The molecule has 1 fully saturated rings. The first-order chi connectivity index (χ1) is 14.6. The number of carboxylic acid groups (broad SMARTS) is 1. The number of thiazole rings is 1. The quantitative estimate of drug-likeness (QED) is 0.598. The van der Waals surface area contributed by atoms with Crippen LogP contribution in [0.2, 0.25) is 0 Å². The minimum absolute atomic E-state index is 0.0493. The molecular weight excluding hydrogens is 445 g/mol. The van der Waals surface area contributed by atoms with Crippen molar-refractivity contribution >= 4 is 22.4 Å². The molecule has 2 aromatic rings. The van der Waals surface area contributed by atoms with E-state index in [0.29, 0.717) is 37.7 Å². The molecule has 0 aliphatic carbocycles. The van der Waals surface area contributed by atoms with Crippen LogP contribution in [0.1, 0.15) is 20.8 Å². The van der Waals surface area contributed by atoms with Crippen molar-refractivity contribution in [3.8, 4) is 0 Å². The number of carboxylic acids is 1. The molecule has 31 heavy (non-hydrogen) atoms. The summed E-state index contributed by atoms with van der Waals surface area (Å²) in [5, 5.41) is 9.50. The van der Waals surface area contributed by atoms with Gasteiger partial charge in [-0.05, 0) is 24.1 Å². The van der Waals surface area contributed by atoms with Gasteiger partial charge in [-0.15, -0.1) is 0 Å². The Hall–Kier alpha value is -2.31. The average molecular weight is 465 g/mol. The molecule has 12 heteroatoms. The van der Waals surface area contributed by atoms with Gasteiger partial charge in [-0.1, -0.05) is 23.5 Å². The summed E-state index contributed by atoms with van der Waals surface area (Å²) in [5.41, 5.74) is 0.0279. The van der Waals surface area contributed by atoms with Gasteiger partial charge in [-0.3, -0.25) is 4.90 Å². The van der Waals surface area contributed by atoms with Crippen molar-refractivity contribution in [2.45, 2.75) is 25.3 Å². The highest BCUT2D eigenvalue weighted by Gasteiger charge is 2.31. The molecule has 0 unspecified atom stereocenters. The van der Waals surface area contributed by atoms with Crippen LogP contribution in [0.4, 0.5) is 27.1 Å². The second-order valence-corrected chi connectivity index (χ2v) is 8.01. The molecule has 170 valence electrons. The zero-order chi connectivity index (χ0) is 22.6. The largest absolute Gasteiger partial charge is 0.477 e. The van der Waals surface area contributed by atoms with Crippen LogP contribution in [0.15, 0.2) is 30.5 Å². The van der Waals surface area contributed by atoms with Gasteiger partial charge in [-0.2, -0.15) is 22.0 Å². The van der Waals surface area contributed by atoms with E-state index in [1.807, 2.05) is 4.90 Å². The lowest BCUT2D eigenvalue weighted by molar-refractivity contribution is -0.137. The van der Waals surface area contributed by atoms with Crippen LogP contribution in [0.5, 0.6) is 0 Å². The van der Waals surface area contributed by atoms with Gasteiger partial charge in [0.2, 0.25) is 0 Å². The van der Waals surface area contributed by atoms with Crippen LogP contribution in [-0.2, 0) is 17.3 Å². The number of benzene rings is 1. The Balaban J connectivity index is 1.62. The first-order valence-electron chi connectivity index (χ1n) is 9.37. The molecule has 1 aliphatic heterocycles. The summed E-state index contributed by atoms with van der Waals surface area (Å²) in [6, 6.07) is 4.46. The fourth-order valence-electron chi connectivity index (χ4n) is 3.35. The summed E-state index contributed by atoms with van der Waals surface area (Å²) in [6.07, 6.45) is -2.66. The predicted molar refractivity (Wildman–Crippen MR) is 104 cm³/mol. The maximum Gasteiger partial charge on any atom is 0.416 e. The van der Waals surface area contributed by atoms with Crippen molar-refractivity contribution in [1.82, 2.24) is 9.88 Å². The van der Waals surface area contributed by atoms with E-state index in [0.717, 1.165) is 29.0 Å². The second kappa shape index (κ2) is 9.88. The second-order valence-electron chi connectivity index (χ2n) is 7.00. The minimum atomic E-state index is -4.39. The van der Waals surface area contributed by atoms with E-state index in [1.54, 1.807) is 4.90 Å². The number of hydrogen-bond acceptors (Lipinski definition) is 6. The van der Waals surface area contributed by atoms with Crippen molar-refractivity contribution < 1.29 is 36.6 Å². The van der Waals surface area contributed by atoms with E-state index >= 15 is 0 Å². The lowest BCUT2D eigenvalue weighted by Gasteiger charge is -2.41. The smallest absolute Gasteiger partial charge is 0.416 e. The normalized spacial score (nSPS) is 18.0. The number of nitrogens with zero attached hydrogens (tertiary/aromatic N) is 3. The SMILES string of the molecule is O=C(O)c1cnc(N2CCN(CCc3ccc(C(F)(F)F)cc3)C[C@H]2COC(F)F)s1. The summed E-state index contributed by atoms with van der Waals surface area (Å²) < 4.78 is 67.7. The van der Waals surface area contributed by atoms with Gasteiger partial charge in [-0.25, -0.2) is 9.78 Å². The highest BCUT2D eigenvalue weighted by Crippen LogP contribution is 2.29. The van der Waals surface area contributed by atoms with Crippen molar-refractivity contribution in [3.05, 3.63) is 46.5 Å². The monoisotopic (exact) mass is 465 g/mol. The lowest BCUT2D eigenvalue weighted by Crippen LogP contribution is -2.55. The Labute approximate surface area is 178 Å². The number of alkyl halides is 5. The number of carbonyl (C=O) groups is 1. The number of rotatable bonds is 8. The van der Waals surface area contributed by atoms with E-state index in [4.69, 9.17) is 5.11 Å². The molecule has 3 rings (SSSR count). The van der Waals surface area contributed by atoms with Gasteiger partial charge in [0.05, 0.1) is 24.4 Å². The maximum absolute atomic E-state index is 12.7. The number of anilines is 1. The third kappa shape index (κ3) is 6.34. The summed E-state index contributed by atoms with van der Waals surface area (Å²) in [5.74, 6) is -1.11. The topological polar surface area (TPSA) is 65.9 Å². The number of piperazine rings is 1. The Morgan fingerprint density at radius 2 is 1.97 bits per heavy atom. The van der Waals surface area contributed by atoms with Gasteiger partial charge in [0, 0.05) is 26.2 Å². The zero-order valence-corrected chi connectivity index (χ0v) is 17.0. The van der Waals surface area contributed by atoms with E-state index in [1.165, 1.54) is 18.3 Å². The number of aromatic nitrogens is 1. The Morgan fingerprint density at radius 3 is 2.55 bits per heavy atom. The van der Waals surface area contributed by atoms with Crippen LogP contribution in [0.3, 0.4) is 0 Å². The average Bonchev–Trinajstić information content (AvgIpc) is 3.21. The first-order valence-corrected chi connectivity index (χ1v) is 10.2. The number of halogens is 5. The van der Waals surface area contributed by atoms with Gasteiger partial charge >= 0.3 is 18.8 Å². The molecule has 0 amide bonds. The Bertz CT molecular complexity index is 875. The molecule has 1 atom stereocenters. The summed E-state index contributed by atoms with van der Waals surface area (Å²) >= 11 is 0.962. The molecular formula is C19H20F5N3O3S. The molecule has 1 aromatic carbocycles. The standard InChI is InChI=1S/C19H20F5N3O3S/c20-17(21)30-11-14-10-26(6-5-12-1-3-13(4-2-12)19(22,23)24)7-8-27(14)18-25-9-15(31-18)16(28)29/h1-4,9,14,17H,5-8,10-11H2,(H,28,29)/t14-/m0/s1. The fraction of sp³-hybridized carbons (Fsp3) is 0.474. The van der Waals surface area contributed by atoms with Crippen LogP contribution >= 0.6 is 11.3 Å². The van der Waals surface area contributed by atoms with Crippen molar-refractivity contribution in [2.75, 3.05) is 37.7 Å². The molecule has 0 saturated carbocycles. The molecule has 1 aromatic heterocycles. The van der Waals surface area contributed by atoms with Gasteiger partial charge in [0.1, 0.15) is 4.88 Å². The molecule has 1 saturated heterocycles. The molecule has 0 bridgehead atoms. The molecule has 0 spiro atoms. The highest BCUT2D eigenvalue weighted by molar-refractivity contribution is 7.17. The summed E-state index contributed by atoms with van der Waals surface area (Å²) in [4.78, 5) is 19.0. The Kier molecular flexibility index (Phi) is 7.44. The van der Waals surface area contributed by atoms with Crippen LogP contribution in [0.25, 0.3) is 0 Å². The van der Waals surface area contributed by atoms with Crippen LogP contribution < -0.4 is 4.90 Å². The predicted octanol–water partition coefficient (Wildman–Crippen LogP) is 3.83. The first kappa shape index (κ1) is 23.4. The molecule has 0 radical (unpaired) electrons. The number of ether oxygens (including phenoxy) is 1. The van der Waals surface area contributed by atoms with Crippen LogP contribution in [-0.4, -0.2) is 66.4 Å². The van der Waals surface area contributed by atoms with E-state index < -0.39 is 30.4 Å². The molecule has 1 aliphatic rings. The van der Waals surface area contributed by atoms with E-state index in [-0.39, 0.29) is 11.5 Å². The highest BCUT2D eigenvalue weighted by atomic mass is 32.1. The van der Waals surface area contributed by atoms with Gasteiger partial charge < -0.3 is 14.7 Å². The van der Waals surface area contributed by atoms with Gasteiger partial charge in [0.15, 0.2) is 5.13 Å². The van der Waals surface area contributed by atoms with Crippen molar-refractivity contribution in [3.63, 3.8) is 0 Å². The maximum atomic E-state index is 12.7. The number of aromatic carboxylic acids is 1. The summed E-state index contributed by atoms with van der Waals surface area (Å²) in [7, 11) is 0. The fourth-order valence-corrected chi connectivity index (χ4v) is 4.20. The number of hydrogen-bond donors (Lipinski definition) is 1. The van der Waals surface area contributed by atoms with Crippen molar-refractivity contribution in [2.24, 2.45) is 0 Å². The third-order valence-electron chi connectivity index (χ3n) is 4.93. The minimum Gasteiger partial charge on any atom is -0.477 e. The zero-order valence-electron chi connectivity index (χ0n) is 16.2. The Morgan fingerprint density at radius 1 is 1.26 bits per heavy atom. The van der Waals surface area contributed by atoms with Crippen LogP contribution in [0, 0.1) is 0 Å². The lowest BCUT2D eigenvalue weighted by atomic mass is 10.1. The molecule has 6 nitrogen and oxygen atoms in total. The van der Waals surface area contributed by atoms with E-state index in [9.17, 15) is 26.7 Å². The summed E-state index contributed by atoms with van der Waals surface area (Å²) in [6.45, 7) is -1.31. The molecule has 2 heterocycles. The third-order valence-corrected chi connectivity index (χ3v) is 5.95. The van der Waals surface area contributed by atoms with E-state index in [2.05, 4.69) is 9.72 Å².